The fourth-order valence-electron chi connectivity index (χ4n) is 12.6. The molecule has 7 atom stereocenters. The number of carbonyl (C=O) groups excluding carboxylic acids is 1. The lowest BCUT2D eigenvalue weighted by molar-refractivity contribution is -0.302. The third-order valence-corrected chi connectivity index (χ3v) is 18.5. The van der Waals surface area contributed by atoms with Gasteiger partial charge in [0.05, 0.1) is 25.4 Å². The number of nitrogens with one attached hydrogen (secondary N) is 1. The van der Waals surface area contributed by atoms with Crippen LogP contribution in [-0.4, -0.2) is 87.5 Å². The molecular weight excluding hydrogens is 1050 g/mol. The highest BCUT2D eigenvalue weighted by atomic mass is 16.7. The van der Waals surface area contributed by atoms with E-state index in [0.29, 0.717) is 6.42 Å². The Morgan fingerprint density at radius 1 is 0.388 bits per heavy atom. The van der Waals surface area contributed by atoms with Gasteiger partial charge in [0.2, 0.25) is 5.91 Å². The number of ether oxygens (including phenoxy) is 2. The number of hydrogen-bond donors (Lipinski definition) is 6. The molecule has 1 amide bonds. The molecule has 0 radical (unpaired) electrons. The van der Waals surface area contributed by atoms with Crippen molar-refractivity contribution in [3.8, 4) is 0 Å². The monoisotopic (exact) mass is 1200 g/mol. The van der Waals surface area contributed by atoms with Gasteiger partial charge in [0.15, 0.2) is 6.29 Å². The second-order valence-corrected chi connectivity index (χ2v) is 26.8. The highest BCUT2D eigenvalue weighted by Crippen LogP contribution is 2.24. The quantitative estimate of drug-likeness (QED) is 0.0261. The van der Waals surface area contributed by atoms with E-state index in [1.54, 1.807) is 6.08 Å². The molecule has 0 aromatic carbocycles. The number of allylic oxidation sites excluding steroid dienone is 3. The van der Waals surface area contributed by atoms with Crippen molar-refractivity contribution in [2.24, 2.45) is 0 Å². The lowest BCUT2D eigenvalue weighted by Crippen LogP contribution is -2.60. The molecule has 0 aromatic heterocycles. The molecule has 1 aliphatic rings. The van der Waals surface area contributed by atoms with Gasteiger partial charge in [-0.15, -0.1) is 0 Å². The number of aliphatic hydroxyl groups excluding tert-OH is 5. The maximum Gasteiger partial charge on any atom is 0.220 e. The van der Waals surface area contributed by atoms with Crippen LogP contribution >= 0.6 is 0 Å². The zero-order valence-electron chi connectivity index (χ0n) is 56.7. The molecule has 504 valence electrons. The number of aliphatic hydroxyl groups is 5. The van der Waals surface area contributed by atoms with Crippen molar-refractivity contribution in [3.05, 3.63) is 24.3 Å². The van der Waals surface area contributed by atoms with Crippen molar-refractivity contribution in [2.45, 2.75) is 442 Å². The molecule has 1 rings (SSSR count). The number of amides is 1. The molecule has 0 saturated carbocycles. The van der Waals surface area contributed by atoms with Crippen LogP contribution in [0.25, 0.3) is 0 Å². The maximum atomic E-state index is 13.1. The Labute approximate surface area is 528 Å². The summed E-state index contributed by atoms with van der Waals surface area (Å²) < 4.78 is 11.3. The van der Waals surface area contributed by atoms with E-state index in [2.05, 4.69) is 31.3 Å². The van der Waals surface area contributed by atoms with Crippen LogP contribution in [0.15, 0.2) is 24.3 Å². The van der Waals surface area contributed by atoms with Gasteiger partial charge < -0.3 is 40.3 Å². The van der Waals surface area contributed by atoms with E-state index in [1.165, 1.54) is 340 Å². The average Bonchev–Trinajstić information content (AvgIpc) is 3.68. The molecule has 9 heteroatoms. The van der Waals surface area contributed by atoms with Crippen LogP contribution in [0.4, 0.5) is 0 Å². The first kappa shape index (κ1) is 81.7. The first-order valence-electron chi connectivity index (χ1n) is 38.1. The zero-order valence-corrected chi connectivity index (χ0v) is 56.7. The summed E-state index contributed by atoms with van der Waals surface area (Å²) in [5, 5.41) is 54.8. The summed E-state index contributed by atoms with van der Waals surface area (Å²) in [4.78, 5) is 13.1. The van der Waals surface area contributed by atoms with E-state index in [0.717, 1.165) is 38.5 Å². The van der Waals surface area contributed by atoms with E-state index in [4.69, 9.17) is 9.47 Å². The van der Waals surface area contributed by atoms with Crippen LogP contribution in [0.1, 0.15) is 399 Å². The van der Waals surface area contributed by atoms with Gasteiger partial charge in [0, 0.05) is 6.42 Å². The molecule has 0 aliphatic carbocycles. The molecule has 0 aromatic rings. The van der Waals surface area contributed by atoms with E-state index < -0.39 is 49.5 Å². The minimum atomic E-state index is -1.57. The van der Waals surface area contributed by atoms with Crippen LogP contribution < -0.4 is 5.32 Å². The van der Waals surface area contributed by atoms with Gasteiger partial charge in [-0.2, -0.15) is 0 Å². The number of unbranched alkanes of at least 4 members (excludes halogenated alkanes) is 56. The highest BCUT2D eigenvalue weighted by molar-refractivity contribution is 5.76. The third-order valence-electron chi connectivity index (χ3n) is 18.5. The molecule has 0 bridgehead atoms. The highest BCUT2D eigenvalue weighted by Gasteiger charge is 2.44. The van der Waals surface area contributed by atoms with Crippen molar-refractivity contribution in [1.82, 2.24) is 5.32 Å². The molecule has 7 unspecified atom stereocenters. The second-order valence-electron chi connectivity index (χ2n) is 26.8. The van der Waals surface area contributed by atoms with Gasteiger partial charge in [0.25, 0.3) is 0 Å². The van der Waals surface area contributed by atoms with Crippen LogP contribution in [0, 0.1) is 0 Å². The van der Waals surface area contributed by atoms with E-state index >= 15 is 0 Å². The van der Waals surface area contributed by atoms with Gasteiger partial charge >= 0.3 is 0 Å². The minimum Gasteiger partial charge on any atom is -0.394 e. The molecule has 0 spiro atoms. The van der Waals surface area contributed by atoms with E-state index in [-0.39, 0.29) is 12.5 Å². The summed E-state index contributed by atoms with van der Waals surface area (Å²) >= 11 is 0. The Hall–Kier alpha value is -1.33. The predicted octanol–water partition coefficient (Wildman–Crippen LogP) is 21.2. The third kappa shape index (κ3) is 54.2. The largest absolute Gasteiger partial charge is 0.394 e. The minimum absolute atomic E-state index is 0.177. The summed E-state index contributed by atoms with van der Waals surface area (Å²) in [6.07, 6.45) is 80.4. The number of hydrogen-bond acceptors (Lipinski definition) is 8. The molecule has 9 nitrogen and oxygen atoms in total. The Morgan fingerprint density at radius 2 is 0.671 bits per heavy atom. The van der Waals surface area contributed by atoms with Gasteiger partial charge in [-0.3, -0.25) is 4.79 Å². The van der Waals surface area contributed by atoms with Crippen LogP contribution in [-0.2, 0) is 14.3 Å². The average molecular weight is 1200 g/mol. The molecule has 85 heavy (non-hydrogen) atoms. The Bertz CT molecular complexity index is 1390. The normalized spacial score (nSPS) is 18.1. The zero-order chi connectivity index (χ0) is 61.4. The van der Waals surface area contributed by atoms with Crippen molar-refractivity contribution < 1.29 is 39.8 Å². The summed E-state index contributed by atoms with van der Waals surface area (Å²) in [7, 11) is 0. The summed E-state index contributed by atoms with van der Waals surface area (Å²) in [5.74, 6) is -0.177. The van der Waals surface area contributed by atoms with E-state index in [9.17, 15) is 30.3 Å². The topological polar surface area (TPSA) is 149 Å². The van der Waals surface area contributed by atoms with Crippen LogP contribution in [0.3, 0.4) is 0 Å². The van der Waals surface area contributed by atoms with Crippen molar-refractivity contribution in [3.63, 3.8) is 0 Å². The SMILES string of the molecule is CCCCCCCCCCCCCCCCCCCCCCCCCCCCC/C=C/CC/C=C/C(O)C(COC1OC(CO)C(O)C(O)C1O)NC(=O)CCCCCCCCCCCCCCCCCCCCCCCCCCCCCCC. The summed E-state index contributed by atoms with van der Waals surface area (Å²) in [6.45, 7) is 3.83. The van der Waals surface area contributed by atoms with Crippen LogP contribution in [0.2, 0.25) is 0 Å². The maximum absolute atomic E-state index is 13.1. The van der Waals surface area contributed by atoms with Crippen molar-refractivity contribution >= 4 is 5.91 Å². The second kappa shape index (κ2) is 65.6. The predicted molar refractivity (Wildman–Crippen MR) is 364 cm³/mol. The van der Waals surface area contributed by atoms with Gasteiger partial charge in [-0.1, -0.05) is 385 Å². The fraction of sp³-hybridized carbons (Fsp3) is 0.934. The molecule has 6 N–H and O–H groups in total. The van der Waals surface area contributed by atoms with E-state index in [1.807, 2.05) is 6.08 Å². The molecule has 1 fully saturated rings. The van der Waals surface area contributed by atoms with Crippen LogP contribution in [0.5, 0.6) is 0 Å². The standard InChI is InChI=1S/C76H147NO8/c1-3-5-7-9-11-13-15-17-19-21-23-25-27-29-31-33-34-35-36-38-39-41-43-45-47-49-51-53-55-57-59-61-63-65-70(79)69(68-84-76-75(83)74(82)73(81)71(67-78)85-76)77-72(80)66-64-62-60-58-56-54-52-50-48-46-44-42-40-37-32-30-28-26-24-22-20-18-16-14-12-10-8-6-4-2/h55,57,63,65,69-71,73-76,78-79,81-83H,3-54,56,58-62,64,66-68H2,1-2H3,(H,77,80)/b57-55+,65-63+. The Morgan fingerprint density at radius 3 is 0.988 bits per heavy atom. The van der Waals surface area contributed by atoms with Crippen molar-refractivity contribution in [1.29, 1.82) is 0 Å². The molecule has 1 aliphatic heterocycles. The van der Waals surface area contributed by atoms with Gasteiger partial charge in [-0.25, -0.2) is 0 Å². The first-order chi connectivity index (χ1) is 41.8. The smallest absolute Gasteiger partial charge is 0.220 e. The molecule has 1 heterocycles. The summed E-state index contributed by atoms with van der Waals surface area (Å²) in [6, 6.07) is -0.821. The Kier molecular flexibility index (Phi) is 63.1. The molecular formula is C76H147NO8. The fourth-order valence-corrected chi connectivity index (χ4v) is 12.6. The summed E-state index contributed by atoms with van der Waals surface area (Å²) in [5.41, 5.74) is 0. The Balaban J connectivity index is 2.10. The number of carbonyl (C=O) groups is 1. The molecule has 1 saturated heterocycles. The first-order valence-corrected chi connectivity index (χ1v) is 38.1. The van der Waals surface area contributed by atoms with Crippen molar-refractivity contribution in [2.75, 3.05) is 13.2 Å². The van der Waals surface area contributed by atoms with Gasteiger partial charge in [-0.05, 0) is 32.1 Å². The lowest BCUT2D eigenvalue weighted by Gasteiger charge is -2.40. The number of rotatable bonds is 68. The van der Waals surface area contributed by atoms with Gasteiger partial charge in [0.1, 0.15) is 24.4 Å². The lowest BCUT2D eigenvalue weighted by atomic mass is 9.99.